The normalized spacial score (nSPS) is 10.2. The van der Waals surface area contributed by atoms with Gasteiger partial charge in [0, 0.05) is 0 Å². The van der Waals surface area contributed by atoms with E-state index in [2.05, 4.69) is 0 Å². The van der Waals surface area contributed by atoms with Crippen molar-refractivity contribution < 1.29 is 51.2 Å². The van der Waals surface area contributed by atoms with Crippen molar-refractivity contribution in [3.63, 3.8) is 0 Å². The van der Waals surface area contributed by atoms with Crippen LogP contribution in [0.1, 0.15) is 0 Å². The zero-order valence-electron chi connectivity index (χ0n) is 6.99. The fraction of sp³-hybridized carbons (Fsp3) is 1.00. The van der Waals surface area contributed by atoms with Gasteiger partial charge in [-0.15, -0.1) is 0 Å². The summed E-state index contributed by atoms with van der Waals surface area (Å²) in [5, 5.41) is 0. The molecule has 106 valence electrons. The van der Waals surface area contributed by atoms with Crippen LogP contribution < -0.4 is 37.2 Å². The van der Waals surface area contributed by atoms with Crippen molar-refractivity contribution in [1.82, 2.24) is 0 Å². The second-order valence-electron chi connectivity index (χ2n) is 1.42. The molecule has 0 atom stereocenters. The Hall–Kier alpha value is 3.41. The Kier molecular flexibility index (Phi) is 31.3. The Morgan fingerprint density at radius 3 is 0.647 bits per heavy atom. The van der Waals surface area contributed by atoms with Crippen molar-refractivity contribution in [2.75, 3.05) is 0 Å². The summed E-state index contributed by atoms with van der Waals surface area (Å²) in [5.74, 6) is 0. The Morgan fingerprint density at radius 2 is 0.647 bits per heavy atom. The summed E-state index contributed by atoms with van der Waals surface area (Å²) in [4.78, 5) is 0. The molecule has 0 saturated carbocycles. The molecule has 15 heteroatoms. The van der Waals surface area contributed by atoms with Crippen molar-refractivity contribution >= 4 is 102 Å². The quantitative estimate of drug-likeness (QED) is 0.173. The minimum atomic E-state index is -7.00. The predicted molar refractivity (Wildman–Crippen MR) is 56.5 cm³/mol. The Bertz CT molecular complexity index is 135. The van der Waals surface area contributed by atoms with Crippen LogP contribution in [-0.4, -0.2) is 40.1 Å². The van der Waals surface area contributed by atoms with Crippen LogP contribution in [0.5, 0.6) is 0 Å². The van der Waals surface area contributed by atoms with Crippen LogP contribution in [0.4, 0.5) is 14.0 Å². The van der Waals surface area contributed by atoms with Crippen molar-refractivity contribution in [2.24, 2.45) is 0 Å². The molecule has 0 heterocycles. The third kappa shape index (κ3) is 38.2. The molecule has 0 unspecified atom stereocenters. The first-order valence-corrected chi connectivity index (χ1v) is 7.58. The fourth-order valence-electron chi connectivity index (χ4n) is 0. The van der Waals surface area contributed by atoms with E-state index < -0.39 is 22.7 Å². The van der Waals surface area contributed by atoms with Crippen LogP contribution in [0.2, 0.25) is 0 Å². The third-order valence-electron chi connectivity index (χ3n) is 0.321. The van der Waals surface area contributed by atoms with Crippen LogP contribution in [0.25, 0.3) is 0 Å². The van der Waals surface area contributed by atoms with E-state index in [1.54, 1.807) is 0 Å². The summed E-state index contributed by atoms with van der Waals surface area (Å²) >= 11 is 23.9. The summed E-state index contributed by atoms with van der Waals surface area (Å²) in [6, 6.07) is 0. The molecule has 0 spiro atoms. The summed E-state index contributed by atoms with van der Waals surface area (Å²) in [5.41, 5.74) is 0. The average Bonchev–Trinajstić information content (AvgIpc) is 1.50. The summed E-state index contributed by atoms with van der Waals surface area (Å²) < 4.78 is 35.8. The summed E-state index contributed by atoms with van der Waals surface area (Å²) in [7, 11) is 0. The first-order chi connectivity index (χ1) is 5.25. The molecule has 0 aromatic heterocycles. The molecule has 0 amide bonds. The number of rotatable bonds is 0. The standard InChI is InChI=1S/C2Cl6.Al.3ClH.F4Ge/c3-1(4,5)2(6,7)8;;;;;1-5(2,3)4/h;;3*1H;/q;+3;;;;/p-3. The van der Waals surface area contributed by atoms with Gasteiger partial charge in [0.05, 0.1) is 0 Å². The van der Waals surface area contributed by atoms with Gasteiger partial charge in [0.15, 0.2) is 0 Å². The molecule has 0 aromatic rings. The maximum atomic E-state index is 9.88. The fourth-order valence-corrected chi connectivity index (χ4v) is 0. The number of hydrogen-bond donors (Lipinski definition) is 0. The van der Waals surface area contributed by atoms with E-state index in [0.717, 1.165) is 0 Å². The van der Waals surface area contributed by atoms with Crippen molar-refractivity contribution in [2.45, 2.75) is 7.59 Å². The van der Waals surface area contributed by atoms with E-state index >= 15 is 0 Å². The van der Waals surface area contributed by atoms with Crippen LogP contribution >= 0.6 is 69.6 Å². The Balaban J connectivity index is -0.0000000306. The average molecular weight is 519 g/mol. The van der Waals surface area contributed by atoms with Crippen LogP contribution in [-0.2, 0) is 0 Å². The molecule has 0 saturated heterocycles. The number of alkyl halides is 6. The molecule has 0 aliphatic carbocycles. The monoisotopic (exact) mass is 516 g/mol. The number of halogens is 13. The molecular weight excluding hydrogens is 519 g/mol. The first kappa shape index (κ1) is 37.0. The van der Waals surface area contributed by atoms with Crippen molar-refractivity contribution in [1.29, 1.82) is 0 Å². The van der Waals surface area contributed by atoms with Gasteiger partial charge in [-0.1, -0.05) is 69.6 Å². The van der Waals surface area contributed by atoms with Crippen LogP contribution in [0, 0.1) is 0 Å². The molecule has 0 aliphatic heterocycles. The molecule has 0 radical (unpaired) electrons. The Morgan fingerprint density at radius 1 is 0.588 bits per heavy atom. The van der Waals surface area contributed by atoms with Gasteiger partial charge in [0.1, 0.15) is 0 Å². The topological polar surface area (TPSA) is 0 Å². The van der Waals surface area contributed by atoms with Crippen molar-refractivity contribution in [3.8, 4) is 0 Å². The van der Waals surface area contributed by atoms with Gasteiger partial charge in [-0.3, -0.25) is 0 Å². The van der Waals surface area contributed by atoms with E-state index in [4.69, 9.17) is 69.6 Å². The third-order valence-corrected chi connectivity index (χ3v) is 2.89. The zero-order valence-corrected chi connectivity index (χ0v) is 17.0. The van der Waals surface area contributed by atoms with Crippen LogP contribution in [0.15, 0.2) is 0 Å². The maximum absolute atomic E-state index is 9.88. The number of hydrogen-bond acceptors (Lipinski definition) is 0. The zero-order chi connectivity index (χ0) is 11.5. The van der Waals surface area contributed by atoms with Crippen molar-refractivity contribution in [3.05, 3.63) is 0 Å². The van der Waals surface area contributed by atoms with Gasteiger partial charge in [-0.2, -0.15) is 0 Å². The van der Waals surface area contributed by atoms with E-state index in [1.807, 2.05) is 0 Å². The molecule has 17 heavy (non-hydrogen) atoms. The molecule has 0 bridgehead atoms. The van der Waals surface area contributed by atoms with E-state index in [-0.39, 0.29) is 54.6 Å². The second-order valence-corrected chi connectivity index (χ2v) is 7.78. The van der Waals surface area contributed by atoms with E-state index in [9.17, 15) is 14.0 Å². The van der Waals surface area contributed by atoms with Gasteiger partial charge in [-0.25, -0.2) is 0 Å². The first-order valence-electron chi connectivity index (χ1n) is 2.14. The molecule has 0 nitrogen and oxygen atoms in total. The predicted octanol–water partition coefficient (Wildman–Crippen LogP) is -4.34. The molecule has 0 fully saturated rings. The molecular formula is C2AlCl9F4Ge. The van der Waals surface area contributed by atoms with Gasteiger partial charge in [0.2, 0.25) is 7.59 Å². The molecule has 0 rings (SSSR count). The van der Waals surface area contributed by atoms with E-state index in [1.165, 1.54) is 0 Å². The summed E-state index contributed by atoms with van der Waals surface area (Å²) in [6.45, 7) is 0. The van der Waals surface area contributed by atoms with Crippen LogP contribution in [0.3, 0.4) is 0 Å². The summed E-state index contributed by atoms with van der Waals surface area (Å²) in [6.07, 6.45) is 0. The van der Waals surface area contributed by atoms with E-state index in [0.29, 0.717) is 0 Å². The second kappa shape index (κ2) is 14.3. The van der Waals surface area contributed by atoms with Gasteiger partial charge < -0.3 is 37.2 Å². The molecule has 0 aliphatic rings. The van der Waals surface area contributed by atoms with Gasteiger partial charge in [-0.05, 0) is 0 Å². The molecule has 0 N–H and O–H groups in total. The van der Waals surface area contributed by atoms with Gasteiger partial charge >= 0.3 is 46.5 Å². The minimum absolute atomic E-state index is 0. The molecule has 0 aromatic carbocycles. The SMILES string of the molecule is ClC(Cl)(Cl)C(Cl)(Cl)Cl.[Al+3].[Cl-].[Cl-].[Cl-].[F][Ge]([F])([F])[F]. The van der Waals surface area contributed by atoms with Gasteiger partial charge in [0.25, 0.3) is 0 Å². The Labute approximate surface area is 159 Å².